The van der Waals surface area contributed by atoms with Gasteiger partial charge >= 0.3 is 0 Å². The summed E-state index contributed by atoms with van der Waals surface area (Å²) in [5, 5.41) is 16.4. The number of nitrogens with one attached hydrogen (secondary N) is 1. The Balaban J connectivity index is 1.69. The van der Waals surface area contributed by atoms with E-state index < -0.39 is 0 Å². The van der Waals surface area contributed by atoms with E-state index in [4.69, 9.17) is 0 Å². The third-order valence-corrected chi connectivity index (χ3v) is 4.57. The molecule has 0 atom stereocenters. The molecule has 2 rings (SSSR count). The van der Waals surface area contributed by atoms with Crippen molar-refractivity contribution in [1.29, 1.82) is 0 Å². The maximum absolute atomic E-state index is 4.27. The van der Waals surface area contributed by atoms with Crippen LogP contribution in [0.4, 0.5) is 0 Å². The molecule has 2 aromatic rings. The molecule has 1 N–H and O–H groups in total. The zero-order valence-corrected chi connectivity index (χ0v) is 13.2. The van der Waals surface area contributed by atoms with Gasteiger partial charge in [-0.2, -0.15) is 0 Å². The van der Waals surface area contributed by atoms with Gasteiger partial charge < -0.3 is 5.32 Å². The number of nitrogens with zero attached hydrogens (tertiary/aromatic N) is 2. The number of aromatic nitrogens is 2. The lowest BCUT2D eigenvalue weighted by molar-refractivity contribution is 0.542. The van der Waals surface area contributed by atoms with Crippen molar-refractivity contribution in [3.63, 3.8) is 0 Å². The highest BCUT2D eigenvalue weighted by atomic mass is 32.1. The molecule has 0 amide bonds. The van der Waals surface area contributed by atoms with E-state index in [1.807, 2.05) is 0 Å². The molecule has 0 aliphatic carbocycles. The number of rotatable bonds is 8. The monoisotopic (exact) mass is 295 g/mol. The maximum Gasteiger partial charge on any atom is 0.122 e. The fourth-order valence-electron chi connectivity index (χ4n) is 1.78. The van der Waals surface area contributed by atoms with Crippen molar-refractivity contribution in [3.8, 4) is 0 Å². The van der Waals surface area contributed by atoms with Crippen molar-refractivity contribution in [2.45, 2.75) is 33.1 Å². The fourth-order valence-corrected chi connectivity index (χ4v) is 3.49. The lowest BCUT2D eigenvalue weighted by Crippen LogP contribution is -2.21. The van der Waals surface area contributed by atoms with Crippen molar-refractivity contribution in [1.82, 2.24) is 15.5 Å². The second kappa shape index (κ2) is 7.72. The van der Waals surface area contributed by atoms with Crippen LogP contribution in [0, 0.1) is 5.92 Å². The highest BCUT2D eigenvalue weighted by molar-refractivity contribution is 7.12. The summed E-state index contributed by atoms with van der Waals surface area (Å²) in [5.41, 5.74) is 0. The number of aryl methyl sites for hydroxylation is 1. The van der Waals surface area contributed by atoms with Gasteiger partial charge in [-0.25, -0.2) is 0 Å². The van der Waals surface area contributed by atoms with E-state index in [9.17, 15) is 0 Å². The zero-order valence-electron chi connectivity index (χ0n) is 11.6. The standard InChI is InChI=1S/C14H21N3S2/c1-11(2)10-15-7-3-6-13-16-17-14(19-13)9-12-5-4-8-18-12/h4-5,8,11,15H,3,6-7,9-10H2,1-2H3. The molecule has 0 saturated heterocycles. The van der Waals surface area contributed by atoms with Crippen LogP contribution >= 0.6 is 22.7 Å². The molecule has 0 spiro atoms. The first-order valence-corrected chi connectivity index (χ1v) is 8.48. The van der Waals surface area contributed by atoms with Gasteiger partial charge in [-0.1, -0.05) is 19.9 Å². The van der Waals surface area contributed by atoms with Crippen LogP contribution in [-0.2, 0) is 12.8 Å². The Hall–Kier alpha value is -0.780. The largest absolute Gasteiger partial charge is 0.316 e. The average molecular weight is 295 g/mol. The molecule has 104 valence electrons. The van der Waals surface area contributed by atoms with E-state index in [0.29, 0.717) is 0 Å². The van der Waals surface area contributed by atoms with E-state index in [1.54, 1.807) is 22.7 Å². The van der Waals surface area contributed by atoms with E-state index in [2.05, 4.69) is 46.9 Å². The van der Waals surface area contributed by atoms with Crippen LogP contribution in [0.15, 0.2) is 17.5 Å². The SMILES string of the molecule is CC(C)CNCCCc1nnc(Cc2cccs2)s1. The van der Waals surface area contributed by atoms with Crippen molar-refractivity contribution in [2.24, 2.45) is 5.92 Å². The highest BCUT2D eigenvalue weighted by Crippen LogP contribution is 2.18. The summed E-state index contributed by atoms with van der Waals surface area (Å²) in [7, 11) is 0. The summed E-state index contributed by atoms with van der Waals surface area (Å²) >= 11 is 3.54. The van der Waals surface area contributed by atoms with Crippen LogP contribution in [-0.4, -0.2) is 23.3 Å². The summed E-state index contributed by atoms with van der Waals surface area (Å²) in [5.74, 6) is 0.721. The topological polar surface area (TPSA) is 37.8 Å². The van der Waals surface area contributed by atoms with E-state index in [0.717, 1.165) is 48.3 Å². The van der Waals surface area contributed by atoms with Gasteiger partial charge in [0.15, 0.2) is 0 Å². The number of hydrogen-bond acceptors (Lipinski definition) is 5. The highest BCUT2D eigenvalue weighted by Gasteiger charge is 2.05. The molecular weight excluding hydrogens is 274 g/mol. The molecule has 5 heteroatoms. The molecule has 19 heavy (non-hydrogen) atoms. The molecule has 2 aromatic heterocycles. The van der Waals surface area contributed by atoms with Gasteiger partial charge in [0.1, 0.15) is 10.0 Å². The molecule has 0 fully saturated rings. The van der Waals surface area contributed by atoms with E-state index in [-0.39, 0.29) is 0 Å². The van der Waals surface area contributed by atoms with Gasteiger partial charge in [-0.3, -0.25) is 0 Å². The number of hydrogen-bond donors (Lipinski definition) is 1. The van der Waals surface area contributed by atoms with Gasteiger partial charge in [-0.15, -0.1) is 32.9 Å². The third kappa shape index (κ3) is 5.38. The van der Waals surface area contributed by atoms with Crippen LogP contribution < -0.4 is 5.32 Å². The van der Waals surface area contributed by atoms with Crippen LogP contribution in [0.5, 0.6) is 0 Å². The van der Waals surface area contributed by atoms with Crippen molar-refractivity contribution < 1.29 is 0 Å². The maximum atomic E-state index is 4.27. The lowest BCUT2D eigenvalue weighted by Gasteiger charge is -2.05. The van der Waals surface area contributed by atoms with Crippen LogP contribution in [0.3, 0.4) is 0 Å². The summed E-state index contributed by atoms with van der Waals surface area (Å²) in [6.07, 6.45) is 3.11. The summed E-state index contributed by atoms with van der Waals surface area (Å²) in [6.45, 7) is 6.63. The van der Waals surface area contributed by atoms with Gasteiger partial charge in [-0.05, 0) is 36.9 Å². The van der Waals surface area contributed by atoms with Gasteiger partial charge in [0.05, 0.1) is 0 Å². The summed E-state index contributed by atoms with van der Waals surface area (Å²) in [6, 6.07) is 4.24. The quantitative estimate of drug-likeness (QED) is 0.759. The Morgan fingerprint density at radius 1 is 1.26 bits per heavy atom. The van der Waals surface area contributed by atoms with Crippen LogP contribution in [0.25, 0.3) is 0 Å². The van der Waals surface area contributed by atoms with Gasteiger partial charge in [0.25, 0.3) is 0 Å². The first-order valence-electron chi connectivity index (χ1n) is 6.78. The molecule has 3 nitrogen and oxygen atoms in total. The zero-order chi connectivity index (χ0) is 13.5. The van der Waals surface area contributed by atoms with Crippen LogP contribution in [0.2, 0.25) is 0 Å². The lowest BCUT2D eigenvalue weighted by atomic mass is 10.2. The molecular formula is C14H21N3S2. The predicted octanol–water partition coefficient (Wildman–Crippen LogP) is 3.37. The minimum Gasteiger partial charge on any atom is -0.316 e. The Morgan fingerprint density at radius 3 is 2.84 bits per heavy atom. The van der Waals surface area contributed by atoms with Crippen molar-refractivity contribution in [3.05, 3.63) is 32.4 Å². The number of thiophene rings is 1. The van der Waals surface area contributed by atoms with E-state index >= 15 is 0 Å². The Kier molecular flexibility index (Phi) is 5.94. The molecule has 0 aromatic carbocycles. The minimum absolute atomic E-state index is 0.721. The third-order valence-electron chi connectivity index (χ3n) is 2.71. The molecule has 0 bridgehead atoms. The molecule has 2 heterocycles. The summed E-state index contributed by atoms with van der Waals surface area (Å²) in [4.78, 5) is 1.36. The normalized spacial score (nSPS) is 11.3. The van der Waals surface area contributed by atoms with Crippen LogP contribution in [0.1, 0.15) is 35.2 Å². The molecule has 0 saturated carbocycles. The van der Waals surface area contributed by atoms with E-state index in [1.165, 1.54) is 4.88 Å². The second-order valence-electron chi connectivity index (χ2n) is 5.05. The molecule has 0 radical (unpaired) electrons. The Morgan fingerprint density at radius 2 is 2.11 bits per heavy atom. The Labute approximate surface area is 123 Å². The van der Waals surface area contributed by atoms with Gasteiger partial charge in [0.2, 0.25) is 0 Å². The first-order chi connectivity index (χ1) is 9.24. The predicted molar refractivity (Wildman–Crippen MR) is 83.1 cm³/mol. The van der Waals surface area contributed by atoms with Gasteiger partial charge in [0, 0.05) is 17.7 Å². The second-order valence-corrected chi connectivity index (χ2v) is 7.23. The Bertz CT molecular complexity index is 463. The first kappa shape index (κ1) is 14.6. The van der Waals surface area contributed by atoms with Crippen molar-refractivity contribution >= 4 is 22.7 Å². The average Bonchev–Trinajstić information content (AvgIpc) is 3.01. The summed E-state index contributed by atoms with van der Waals surface area (Å²) < 4.78 is 0. The fraction of sp³-hybridized carbons (Fsp3) is 0.571. The molecule has 0 unspecified atom stereocenters. The molecule has 0 aliphatic rings. The smallest absolute Gasteiger partial charge is 0.122 e. The molecule has 0 aliphatic heterocycles. The van der Waals surface area contributed by atoms with Crippen molar-refractivity contribution in [2.75, 3.05) is 13.1 Å². The minimum atomic E-state index is 0.721.